The van der Waals surface area contributed by atoms with Crippen LogP contribution in [0.3, 0.4) is 0 Å². The second kappa shape index (κ2) is 16.6. The number of benzene rings is 2. The van der Waals surface area contributed by atoms with Gasteiger partial charge in [-0.1, -0.05) is 58.0 Å². The van der Waals surface area contributed by atoms with Gasteiger partial charge in [0.2, 0.25) is 11.8 Å². The summed E-state index contributed by atoms with van der Waals surface area (Å²) in [5, 5.41) is 6.51. The fourth-order valence-corrected chi connectivity index (χ4v) is 8.71. The van der Waals surface area contributed by atoms with Crippen LogP contribution in [0.4, 0.5) is 9.59 Å². The zero-order chi connectivity index (χ0) is 42.2. The molecular weight excluding hydrogens is 751 g/mol. The summed E-state index contributed by atoms with van der Waals surface area (Å²) in [6, 6.07) is 13.0. The molecule has 7 rings (SSSR count). The lowest BCUT2D eigenvalue weighted by Gasteiger charge is -2.37. The van der Waals surface area contributed by atoms with Crippen molar-refractivity contribution in [3.63, 3.8) is 0 Å². The van der Waals surface area contributed by atoms with Gasteiger partial charge >= 0.3 is 12.2 Å². The summed E-state index contributed by atoms with van der Waals surface area (Å²) in [4.78, 5) is 72.1. The van der Waals surface area contributed by atoms with Crippen LogP contribution in [0.15, 0.2) is 61.1 Å². The number of likely N-dealkylation sites (tertiary alicyclic amines) is 2. The Balaban J connectivity index is 1.11. The molecule has 4 N–H and O–H groups in total. The number of imidazole rings is 2. The van der Waals surface area contributed by atoms with Crippen LogP contribution in [0.5, 0.6) is 0 Å². The van der Waals surface area contributed by atoms with Gasteiger partial charge in [0.05, 0.1) is 42.7 Å². The van der Waals surface area contributed by atoms with E-state index in [0.717, 1.165) is 76.1 Å². The van der Waals surface area contributed by atoms with Gasteiger partial charge in [0.1, 0.15) is 23.7 Å². The molecule has 3 aromatic heterocycles. The van der Waals surface area contributed by atoms with E-state index in [0.29, 0.717) is 18.9 Å². The van der Waals surface area contributed by atoms with Crippen LogP contribution in [0.2, 0.25) is 0 Å². The van der Waals surface area contributed by atoms with Crippen molar-refractivity contribution < 1.29 is 28.7 Å². The van der Waals surface area contributed by atoms with Gasteiger partial charge in [-0.05, 0) is 67.7 Å². The van der Waals surface area contributed by atoms with Crippen molar-refractivity contribution >= 4 is 34.9 Å². The maximum atomic E-state index is 13.9. The van der Waals surface area contributed by atoms with Crippen molar-refractivity contribution in [2.45, 2.75) is 84.0 Å². The monoisotopic (exact) mass is 805 g/mol. The van der Waals surface area contributed by atoms with Crippen molar-refractivity contribution in [3.8, 4) is 33.6 Å². The molecule has 0 radical (unpaired) electrons. The Morgan fingerprint density at radius 3 is 2.07 bits per heavy atom. The zero-order valence-electron chi connectivity index (χ0n) is 35.1. The molecule has 15 heteroatoms. The van der Waals surface area contributed by atoms with E-state index in [1.807, 2.05) is 63.9 Å². The normalized spacial score (nSPS) is 19.1. The highest BCUT2D eigenvalue weighted by molar-refractivity contribution is 6.03. The molecule has 5 aromatic rings. The van der Waals surface area contributed by atoms with Gasteiger partial charge < -0.3 is 44.4 Å². The Bertz CT molecular complexity index is 2340. The van der Waals surface area contributed by atoms with Crippen molar-refractivity contribution in [1.29, 1.82) is 0 Å². The van der Waals surface area contributed by atoms with Crippen LogP contribution < -0.4 is 10.6 Å². The number of carbonyl (C=O) groups excluding carboxylic acids is 4. The number of aromatic amines is 2. The van der Waals surface area contributed by atoms with Crippen LogP contribution in [-0.2, 0) is 31.6 Å². The molecule has 0 saturated carbocycles. The maximum absolute atomic E-state index is 13.9. The van der Waals surface area contributed by atoms with Gasteiger partial charge in [0.25, 0.3) is 0 Å². The lowest BCUT2D eigenvalue weighted by atomic mass is 9.95. The summed E-state index contributed by atoms with van der Waals surface area (Å²) >= 11 is 0. The van der Waals surface area contributed by atoms with E-state index in [4.69, 9.17) is 19.4 Å². The van der Waals surface area contributed by atoms with E-state index in [1.165, 1.54) is 14.2 Å². The van der Waals surface area contributed by atoms with E-state index in [2.05, 4.69) is 73.8 Å². The van der Waals surface area contributed by atoms with Gasteiger partial charge in [-0.3, -0.25) is 9.59 Å². The first-order chi connectivity index (χ1) is 28.2. The van der Waals surface area contributed by atoms with Gasteiger partial charge in [-0.15, -0.1) is 0 Å². The molecule has 59 heavy (non-hydrogen) atoms. The van der Waals surface area contributed by atoms with Gasteiger partial charge in [-0.25, -0.2) is 19.6 Å². The van der Waals surface area contributed by atoms with Crippen molar-refractivity contribution in [2.75, 3.05) is 27.3 Å². The first-order valence-corrected chi connectivity index (χ1v) is 20.4. The number of H-pyrrole nitrogens is 2. The average Bonchev–Trinajstić information content (AvgIpc) is 4.08. The van der Waals surface area contributed by atoms with Crippen molar-refractivity contribution in [2.24, 2.45) is 18.9 Å². The smallest absolute Gasteiger partial charge is 0.407 e. The highest BCUT2D eigenvalue weighted by Gasteiger charge is 2.46. The maximum Gasteiger partial charge on any atom is 0.407 e. The lowest BCUT2D eigenvalue weighted by Crippen LogP contribution is -2.55. The number of methoxy groups -OCH3 is 2. The first kappa shape index (κ1) is 41.1. The van der Waals surface area contributed by atoms with Crippen LogP contribution >= 0.6 is 0 Å². The predicted molar refractivity (Wildman–Crippen MR) is 224 cm³/mol. The molecule has 2 aromatic carbocycles. The number of carbonyl (C=O) groups is 4. The van der Waals surface area contributed by atoms with Crippen LogP contribution in [0, 0.1) is 11.8 Å². The van der Waals surface area contributed by atoms with Crippen LogP contribution in [0.1, 0.15) is 78.0 Å². The molecule has 0 bridgehead atoms. The molecular formula is C44H55N9O6. The second-order valence-corrected chi connectivity index (χ2v) is 16.5. The number of aromatic nitrogens is 5. The largest absolute Gasteiger partial charge is 0.453 e. The number of alkyl carbamates (subject to hydrolysis) is 2. The molecule has 2 fully saturated rings. The minimum atomic E-state index is -0.724. The number of nitrogens with zero attached hydrogens (tertiary/aromatic N) is 5. The Morgan fingerprint density at radius 2 is 1.41 bits per heavy atom. The number of rotatable bonds is 11. The third-order valence-corrected chi connectivity index (χ3v) is 12.0. The Kier molecular flexibility index (Phi) is 11.6. The van der Waals surface area contributed by atoms with E-state index < -0.39 is 29.8 Å². The van der Waals surface area contributed by atoms with E-state index in [1.54, 1.807) is 0 Å². The third-order valence-electron chi connectivity index (χ3n) is 12.0. The molecule has 4 amide bonds. The van der Waals surface area contributed by atoms with Crippen LogP contribution in [0.25, 0.3) is 44.5 Å². The highest BCUT2D eigenvalue weighted by Crippen LogP contribution is 2.41. The number of amides is 4. The highest BCUT2D eigenvalue weighted by atomic mass is 16.5. The molecule has 0 unspecified atom stereocenters. The Morgan fingerprint density at radius 1 is 0.780 bits per heavy atom. The summed E-state index contributed by atoms with van der Waals surface area (Å²) in [5.74, 6) is 0.869. The number of aryl methyl sites for hydroxylation is 1. The molecule has 312 valence electrons. The quantitative estimate of drug-likeness (QED) is 0.111. The molecule has 0 spiro atoms. The average molecular weight is 806 g/mol. The summed E-state index contributed by atoms with van der Waals surface area (Å²) in [7, 11) is 4.61. The zero-order valence-corrected chi connectivity index (χ0v) is 35.1. The molecule has 0 aliphatic carbocycles. The first-order valence-electron chi connectivity index (χ1n) is 20.4. The van der Waals surface area contributed by atoms with Crippen molar-refractivity contribution in [1.82, 2.24) is 44.9 Å². The summed E-state index contributed by atoms with van der Waals surface area (Å²) < 4.78 is 11.7. The molecule has 2 aliphatic rings. The van der Waals surface area contributed by atoms with Gasteiger partial charge in [0, 0.05) is 55.2 Å². The minimum Gasteiger partial charge on any atom is -0.453 e. The predicted octanol–water partition coefficient (Wildman–Crippen LogP) is 6.89. The van der Waals surface area contributed by atoms with Crippen LogP contribution in [-0.4, -0.2) is 97.7 Å². The number of fused-ring (bicyclic) bond motifs is 1. The van der Waals surface area contributed by atoms with E-state index in [9.17, 15) is 19.2 Å². The molecule has 5 heterocycles. The molecule has 2 aliphatic heterocycles. The van der Waals surface area contributed by atoms with Gasteiger partial charge in [0.15, 0.2) is 0 Å². The SMILES string of the molecule is COC(=O)N[C@H](C(=O)N1CCC[C@H]1c1nc(-c2ccc(-c3ccc(-c4c[nH]c([C@]5(C)CCCN5C(=O)[C@@H](NC(=O)OC)C(C)C)n4)c4c3ccn4C)cc2)c[nH]1)C(C)C. The Labute approximate surface area is 344 Å². The summed E-state index contributed by atoms with van der Waals surface area (Å²) in [6.07, 6.45) is 7.74. The fourth-order valence-electron chi connectivity index (χ4n) is 8.71. The van der Waals surface area contributed by atoms with E-state index in [-0.39, 0.29) is 29.7 Å². The molecule has 2 saturated heterocycles. The van der Waals surface area contributed by atoms with E-state index >= 15 is 0 Å². The topological polar surface area (TPSA) is 180 Å². The van der Waals surface area contributed by atoms with Gasteiger partial charge in [-0.2, -0.15) is 0 Å². The number of hydrogen-bond acceptors (Lipinski definition) is 8. The fraction of sp³-hybridized carbons (Fsp3) is 0.455. The Hall–Kier alpha value is -6.12. The minimum absolute atomic E-state index is 0.113. The third kappa shape index (κ3) is 7.77. The second-order valence-electron chi connectivity index (χ2n) is 16.5. The van der Waals surface area contributed by atoms with Crippen molar-refractivity contribution in [3.05, 3.63) is 72.7 Å². The summed E-state index contributed by atoms with van der Waals surface area (Å²) in [6.45, 7) is 10.8. The number of nitrogens with one attached hydrogen (secondary N) is 4. The number of hydrogen-bond donors (Lipinski definition) is 4. The standard InChI is InChI=1S/C44H55N9O6/c1-25(2)35(49-42(56)58-7)39(54)52-20-9-11-34(52)38-45-23-32(47-38)28-14-12-27(13-15-28)29-16-17-31(37-30(29)18-22-51(37)6)33-24-46-41(48-33)44(5)19-10-21-53(44)40(55)36(26(3)4)50-43(57)59-8/h12-18,22-26,34-36H,9-11,19-21H2,1-8H3,(H,45,47)(H,46,48)(H,49,56)(H,50,57)/t34-,35-,36-,44-/m0/s1. The molecule has 15 nitrogen and oxygen atoms in total. The number of ether oxygens (including phenoxy) is 2. The molecule has 4 atom stereocenters. The lowest BCUT2D eigenvalue weighted by molar-refractivity contribution is -0.138. The summed E-state index contributed by atoms with van der Waals surface area (Å²) in [5.41, 5.74) is 5.94.